The number of rotatable bonds is 3. The molecule has 1 aromatic carbocycles. The zero-order chi connectivity index (χ0) is 13.1. The summed E-state index contributed by atoms with van der Waals surface area (Å²) in [7, 11) is 1.50. The predicted octanol–water partition coefficient (Wildman–Crippen LogP) is 2.63. The summed E-state index contributed by atoms with van der Waals surface area (Å²) in [4.78, 5) is 16.2. The van der Waals surface area contributed by atoms with Gasteiger partial charge in [0.05, 0.1) is 12.2 Å². The monoisotopic (exact) mass is 264 g/mol. The molecule has 0 aliphatic carbocycles. The van der Waals surface area contributed by atoms with Gasteiger partial charge < -0.3 is 15.1 Å². The van der Waals surface area contributed by atoms with Gasteiger partial charge in [-0.1, -0.05) is 0 Å². The molecule has 1 aromatic heterocycles. The minimum atomic E-state index is -0.976. The molecule has 0 aliphatic rings. The molecule has 1 amide bonds. The molecular formula is C12H12N2O3S. The van der Waals surface area contributed by atoms with Crippen LogP contribution in [-0.2, 0) is 6.54 Å². The van der Waals surface area contributed by atoms with Gasteiger partial charge >= 0.3 is 6.09 Å². The normalized spacial score (nSPS) is 10.3. The maximum atomic E-state index is 10.7. The van der Waals surface area contributed by atoms with Crippen LogP contribution in [0.4, 0.5) is 4.79 Å². The van der Waals surface area contributed by atoms with E-state index >= 15 is 0 Å². The smallest absolute Gasteiger partial charge is 0.407 e. The molecule has 6 heteroatoms. The Bertz CT molecular complexity index is 551. The van der Waals surface area contributed by atoms with Crippen LogP contribution in [-0.4, -0.2) is 33.2 Å². The molecule has 0 radical (unpaired) electrons. The number of benzene rings is 1. The zero-order valence-electron chi connectivity index (χ0n) is 9.70. The Labute approximate surface area is 108 Å². The summed E-state index contributed by atoms with van der Waals surface area (Å²) in [5.74, 6) is 0.208. The Morgan fingerprint density at radius 2 is 2.06 bits per heavy atom. The fourth-order valence-electron chi connectivity index (χ4n) is 1.42. The summed E-state index contributed by atoms with van der Waals surface area (Å²) in [6.45, 7) is 0.276. The molecule has 0 unspecified atom stereocenters. The van der Waals surface area contributed by atoms with Crippen molar-refractivity contribution in [3.05, 3.63) is 34.7 Å². The Balaban J connectivity index is 2.15. The quantitative estimate of drug-likeness (QED) is 0.893. The average Bonchev–Trinajstić information content (AvgIpc) is 2.78. The Kier molecular flexibility index (Phi) is 3.47. The summed E-state index contributed by atoms with van der Waals surface area (Å²) in [6.07, 6.45) is -0.976. The van der Waals surface area contributed by atoms with Crippen LogP contribution >= 0.6 is 11.3 Å². The van der Waals surface area contributed by atoms with Crippen LogP contribution in [0.25, 0.3) is 11.3 Å². The van der Waals surface area contributed by atoms with E-state index in [4.69, 9.17) is 5.11 Å². The highest BCUT2D eigenvalue weighted by atomic mass is 32.1. The number of thiazole rings is 1. The molecule has 0 fully saturated rings. The van der Waals surface area contributed by atoms with Crippen molar-refractivity contribution >= 4 is 17.4 Å². The number of phenolic OH excluding ortho intramolecular Hbond substituents is 1. The maximum absolute atomic E-state index is 10.7. The minimum absolute atomic E-state index is 0.208. The van der Waals surface area contributed by atoms with Crippen LogP contribution in [0, 0.1) is 0 Å². The standard InChI is InChI=1S/C12H12N2O3S/c1-14(12(16)17)6-11-13-10(7-18-11)8-2-4-9(15)5-3-8/h2-5,7,15H,6H2,1H3,(H,16,17). The van der Waals surface area contributed by atoms with E-state index in [1.165, 1.54) is 23.3 Å². The largest absolute Gasteiger partial charge is 0.508 e. The van der Waals surface area contributed by atoms with Gasteiger partial charge in [-0.3, -0.25) is 0 Å². The van der Waals surface area contributed by atoms with Crippen LogP contribution in [0.15, 0.2) is 29.6 Å². The molecule has 0 saturated carbocycles. The Morgan fingerprint density at radius 1 is 1.39 bits per heavy atom. The van der Waals surface area contributed by atoms with E-state index in [-0.39, 0.29) is 12.3 Å². The molecule has 0 saturated heterocycles. The molecule has 2 N–H and O–H groups in total. The molecule has 0 atom stereocenters. The van der Waals surface area contributed by atoms with Crippen molar-refractivity contribution in [1.82, 2.24) is 9.88 Å². The van der Waals surface area contributed by atoms with Crippen molar-refractivity contribution in [3.63, 3.8) is 0 Å². The third-order valence-corrected chi connectivity index (χ3v) is 3.25. The van der Waals surface area contributed by atoms with Crippen molar-refractivity contribution in [3.8, 4) is 17.0 Å². The molecule has 5 nitrogen and oxygen atoms in total. The number of aromatic nitrogens is 1. The maximum Gasteiger partial charge on any atom is 0.407 e. The molecular weight excluding hydrogens is 252 g/mol. The highest BCUT2D eigenvalue weighted by molar-refractivity contribution is 7.09. The van der Waals surface area contributed by atoms with Crippen molar-refractivity contribution in [2.24, 2.45) is 0 Å². The average molecular weight is 264 g/mol. The van der Waals surface area contributed by atoms with Gasteiger partial charge in [-0.05, 0) is 24.3 Å². The predicted molar refractivity (Wildman–Crippen MR) is 68.7 cm³/mol. The van der Waals surface area contributed by atoms with Crippen LogP contribution in [0.2, 0.25) is 0 Å². The van der Waals surface area contributed by atoms with E-state index in [0.717, 1.165) is 16.3 Å². The van der Waals surface area contributed by atoms with Gasteiger partial charge in [-0.25, -0.2) is 9.78 Å². The van der Waals surface area contributed by atoms with Crippen molar-refractivity contribution in [2.75, 3.05) is 7.05 Å². The summed E-state index contributed by atoms with van der Waals surface area (Å²) in [5, 5.41) is 20.6. The number of nitrogens with zero attached hydrogens (tertiary/aromatic N) is 2. The van der Waals surface area contributed by atoms with E-state index in [1.54, 1.807) is 24.3 Å². The Hall–Kier alpha value is -2.08. The summed E-state index contributed by atoms with van der Waals surface area (Å²) >= 11 is 1.42. The molecule has 0 aliphatic heterocycles. The van der Waals surface area contributed by atoms with E-state index in [2.05, 4.69) is 4.98 Å². The second kappa shape index (κ2) is 5.05. The molecule has 1 heterocycles. The number of hydrogen-bond acceptors (Lipinski definition) is 4. The Morgan fingerprint density at radius 3 is 2.67 bits per heavy atom. The fourth-order valence-corrected chi connectivity index (χ4v) is 2.27. The van der Waals surface area contributed by atoms with Gasteiger partial charge in [0.2, 0.25) is 0 Å². The zero-order valence-corrected chi connectivity index (χ0v) is 10.5. The minimum Gasteiger partial charge on any atom is -0.508 e. The van der Waals surface area contributed by atoms with Crippen LogP contribution < -0.4 is 0 Å². The third-order valence-electron chi connectivity index (χ3n) is 2.41. The lowest BCUT2D eigenvalue weighted by Gasteiger charge is -2.09. The highest BCUT2D eigenvalue weighted by Gasteiger charge is 2.10. The van der Waals surface area contributed by atoms with Crippen LogP contribution in [0.5, 0.6) is 5.75 Å². The van der Waals surface area contributed by atoms with Crippen LogP contribution in [0.3, 0.4) is 0 Å². The molecule has 2 aromatic rings. The first-order chi connectivity index (χ1) is 8.56. The topological polar surface area (TPSA) is 73.7 Å². The number of carbonyl (C=O) groups is 1. The molecule has 2 rings (SSSR count). The van der Waals surface area contributed by atoms with E-state index < -0.39 is 6.09 Å². The highest BCUT2D eigenvalue weighted by Crippen LogP contribution is 2.24. The van der Waals surface area contributed by atoms with Crippen molar-refractivity contribution in [1.29, 1.82) is 0 Å². The summed E-state index contributed by atoms with van der Waals surface area (Å²) in [6, 6.07) is 6.74. The number of aromatic hydroxyl groups is 1. The molecule has 18 heavy (non-hydrogen) atoms. The van der Waals surface area contributed by atoms with E-state index in [1.807, 2.05) is 5.38 Å². The first-order valence-electron chi connectivity index (χ1n) is 5.24. The molecule has 94 valence electrons. The molecule has 0 spiro atoms. The van der Waals surface area contributed by atoms with Crippen LogP contribution in [0.1, 0.15) is 5.01 Å². The number of hydrogen-bond donors (Lipinski definition) is 2. The van der Waals surface area contributed by atoms with Crippen molar-refractivity contribution in [2.45, 2.75) is 6.54 Å². The number of amides is 1. The lowest BCUT2D eigenvalue weighted by molar-refractivity contribution is 0.153. The van der Waals surface area contributed by atoms with Gasteiger partial charge in [-0.15, -0.1) is 11.3 Å². The van der Waals surface area contributed by atoms with Gasteiger partial charge in [0.25, 0.3) is 0 Å². The number of carboxylic acid groups (broad SMARTS) is 1. The van der Waals surface area contributed by atoms with Gasteiger partial charge in [0.1, 0.15) is 10.8 Å². The van der Waals surface area contributed by atoms with E-state index in [9.17, 15) is 9.90 Å². The summed E-state index contributed by atoms with van der Waals surface area (Å²) in [5.41, 5.74) is 1.68. The first kappa shape index (κ1) is 12.4. The van der Waals surface area contributed by atoms with Gasteiger partial charge in [0, 0.05) is 18.0 Å². The molecule has 0 bridgehead atoms. The second-order valence-corrected chi connectivity index (χ2v) is 4.75. The second-order valence-electron chi connectivity index (χ2n) is 3.81. The lowest BCUT2D eigenvalue weighted by atomic mass is 10.2. The third kappa shape index (κ3) is 2.78. The fraction of sp³-hybridized carbons (Fsp3) is 0.167. The SMILES string of the molecule is CN(Cc1nc(-c2ccc(O)cc2)cs1)C(=O)O. The van der Waals surface area contributed by atoms with Crippen molar-refractivity contribution < 1.29 is 15.0 Å². The number of phenols is 1. The van der Waals surface area contributed by atoms with Gasteiger partial charge in [-0.2, -0.15) is 0 Å². The summed E-state index contributed by atoms with van der Waals surface area (Å²) < 4.78 is 0. The van der Waals surface area contributed by atoms with E-state index in [0.29, 0.717) is 0 Å². The first-order valence-corrected chi connectivity index (χ1v) is 6.12. The van der Waals surface area contributed by atoms with Gasteiger partial charge in [0.15, 0.2) is 0 Å². The lowest BCUT2D eigenvalue weighted by Crippen LogP contribution is -2.23.